The first-order valence-electron chi connectivity index (χ1n) is 5.25. The minimum absolute atomic E-state index is 0.730. The summed E-state index contributed by atoms with van der Waals surface area (Å²) in [5.74, 6) is 0. The third-order valence-corrected chi connectivity index (χ3v) is 3.37. The van der Waals surface area contributed by atoms with Crippen LogP contribution in [-0.4, -0.2) is 4.98 Å². The van der Waals surface area contributed by atoms with Crippen molar-refractivity contribution in [1.29, 1.82) is 0 Å². The Balaban J connectivity index is 2.04. The van der Waals surface area contributed by atoms with Gasteiger partial charge in [0, 0.05) is 22.0 Å². The molecule has 4 heteroatoms. The maximum atomic E-state index is 6.14. The number of aromatic nitrogens is 1. The zero-order chi connectivity index (χ0) is 12.3. The molecule has 0 saturated heterocycles. The van der Waals surface area contributed by atoms with E-state index < -0.39 is 0 Å². The Labute approximate surface area is 120 Å². The molecular formula is C13H12ClIN2. The van der Waals surface area contributed by atoms with E-state index in [4.69, 9.17) is 11.6 Å². The topological polar surface area (TPSA) is 24.9 Å². The molecular weight excluding hydrogens is 347 g/mol. The first-order chi connectivity index (χ1) is 8.15. The van der Waals surface area contributed by atoms with Gasteiger partial charge in [0.2, 0.25) is 0 Å². The third-order valence-electron chi connectivity index (χ3n) is 2.39. The molecule has 1 N–H and O–H groups in total. The van der Waals surface area contributed by atoms with E-state index in [1.54, 1.807) is 0 Å². The van der Waals surface area contributed by atoms with Crippen LogP contribution in [0.15, 0.2) is 36.5 Å². The van der Waals surface area contributed by atoms with Crippen molar-refractivity contribution in [2.24, 2.45) is 0 Å². The van der Waals surface area contributed by atoms with E-state index in [1.165, 1.54) is 0 Å². The van der Waals surface area contributed by atoms with Crippen molar-refractivity contribution < 1.29 is 0 Å². The van der Waals surface area contributed by atoms with E-state index >= 15 is 0 Å². The molecule has 0 atom stereocenters. The highest BCUT2D eigenvalue weighted by Gasteiger charge is 2.00. The lowest BCUT2D eigenvalue weighted by Gasteiger charge is -2.08. The summed E-state index contributed by atoms with van der Waals surface area (Å²) in [7, 11) is 0. The van der Waals surface area contributed by atoms with E-state index in [9.17, 15) is 0 Å². The molecule has 0 saturated carbocycles. The zero-order valence-corrected chi connectivity index (χ0v) is 12.3. The Kier molecular flexibility index (Phi) is 4.23. The molecule has 0 fully saturated rings. The maximum absolute atomic E-state index is 6.14. The SMILES string of the molecule is Cc1ccc(CNc2ccc(I)cc2Cl)cn1. The minimum atomic E-state index is 0.730. The fourth-order valence-electron chi connectivity index (χ4n) is 1.43. The van der Waals surface area contributed by atoms with Crippen molar-refractivity contribution in [2.45, 2.75) is 13.5 Å². The fourth-order valence-corrected chi connectivity index (χ4v) is 2.36. The molecule has 1 aromatic carbocycles. The van der Waals surface area contributed by atoms with Crippen LogP contribution < -0.4 is 5.32 Å². The molecule has 0 aliphatic heterocycles. The van der Waals surface area contributed by atoms with Gasteiger partial charge in [-0.2, -0.15) is 0 Å². The number of nitrogens with zero attached hydrogens (tertiary/aromatic N) is 1. The summed E-state index contributed by atoms with van der Waals surface area (Å²) in [5, 5.41) is 4.05. The quantitative estimate of drug-likeness (QED) is 0.829. The van der Waals surface area contributed by atoms with Gasteiger partial charge < -0.3 is 5.32 Å². The normalized spacial score (nSPS) is 10.3. The van der Waals surface area contributed by atoms with Crippen LogP contribution in [0.3, 0.4) is 0 Å². The average Bonchev–Trinajstić information content (AvgIpc) is 2.30. The van der Waals surface area contributed by atoms with E-state index in [0.717, 1.165) is 32.1 Å². The van der Waals surface area contributed by atoms with Gasteiger partial charge in [0.05, 0.1) is 10.7 Å². The van der Waals surface area contributed by atoms with Gasteiger partial charge in [-0.1, -0.05) is 17.7 Å². The van der Waals surface area contributed by atoms with Crippen molar-refractivity contribution in [3.8, 4) is 0 Å². The number of halogens is 2. The smallest absolute Gasteiger partial charge is 0.0648 e. The van der Waals surface area contributed by atoms with Crippen LogP contribution >= 0.6 is 34.2 Å². The van der Waals surface area contributed by atoms with Gasteiger partial charge in [0.15, 0.2) is 0 Å². The van der Waals surface area contributed by atoms with E-state index in [1.807, 2.05) is 37.4 Å². The number of hydrogen-bond acceptors (Lipinski definition) is 2. The van der Waals surface area contributed by atoms with Gasteiger partial charge in [0.1, 0.15) is 0 Å². The van der Waals surface area contributed by atoms with Crippen LogP contribution in [0.2, 0.25) is 5.02 Å². The Morgan fingerprint density at radius 1 is 1.29 bits per heavy atom. The summed E-state index contributed by atoms with van der Waals surface area (Å²) in [5.41, 5.74) is 3.12. The summed E-state index contributed by atoms with van der Waals surface area (Å²) in [6, 6.07) is 10.0. The number of aryl methyl sites for hydroxylation is 1. The standard InChI is InChI=1S/C13H12ClIN2/c1-9-2-3-10(7-16-9)8-17-13-5-4-11(15)6-12(13)14/h2-7,17H,8H2,1H3. The van der Waals surface area contributed by atoms with Gasteiger partial charge >= 0.3 is 0 Å². The molecule has 0 aliphatic rings. The minimum Gasteiger partial charge on any atom is -0.380 e. The predicted molar refractivity (Wildman–Crippen MR) is 80.5 cm³/mol. The second kappa shape index (κ2) is 5.69. The Hall–Kier alpha value is -0.810. The molecule has 0 spiro atoms. The van der Waals surface area contributed by atoms with Crippen LogP contribution in [0.4, 0.5) is 5.69 Å². The van der Waals surface area contributed by atoms with Gasteiger partial charge in [-0.25, -0.2) is 0 Å². The van der Waals surface area contributed by atoms with E-state index in [2.05, 4.69) is 39.0 Å². The van der Waals surface area contributed by atoms with Crippen LogP contribution in [0.25, 0.3) is 0 Å². The summed E-state index contributed by atoms with van der Waals surface area (Å²) < 4.78 is 1.13. The van der Waals surface area contributed by atoms with Crippen molar-refractivity contribution >= 4 is 39.9 Å². The molecule has 0 unspecified atom stereocenters. The molecule has 88 valence electrons. The van der Waals surface area contributed by atoms with Crippen LogP contribution in [-0.2, 0) is 6.54 Å². The van der Waals surface area contributed by atoms with Crippen molar-refractivity contribution in [1.82, 2.24) is 4.98 Å². The lowest BCUT2D eigenvalue weighted by atomic mass is 10.2. The van der Waals surface area contributed by atoms with Gasteiger partial charge in [-0.05, 0) is 59.3 Å². The number of benzene rings is 1. The molecule has 1 heterocycles. The second-order valence-electron chi connectivity index (χ2n) is 3.79. The fraction of sp³-hybridized carbons (Fsp3) is 0.154. The predicted octanol–water partition coefficient (Wildman–Crippen LogP) is 4.26. The second-order valence-corrected chi connectivity index (χ2v) is 5.44. The molecule has 0 aliphatic carbocycles. The van der Waals surface area contributed by atoms with Crippen molar-refractivity contribution in [2.75, 3.05) is 5.32 Å². The monoisotopic (exact) mass is 358 g/mol. The number of pyridine rings is 1. The Morgan fingerprint density at radius 3 is 2.76 bits per heavy atom. The van der Waals surface area contributed by atoms with Crippen molar-refractivity contribution in [3.63, 3.8) is 0 Å². The van der Waals surface area contributed by atoms with E-state index in [0.29, 0.717) is 0 Å². The van der Waals surface area contributed by atoms with Gasteiger partial charge in [-0.15, -0.1) is 0 Å². The Morgan fingerprint density at radius 2 is 2.12 bits per heavy atom. The molecule has 0 radical (unpaired) electrons. The van der Waals surface area contributed by atoms with E-state index in [-0.39, 0.29) is 0 Å². The highest BCUT2D eigenvalue weighted by Crippen LogP contribution is 2.24. The molecule has 2 aromatic rings. The Bertz CT molecular complexity index is 511. The average molecular weight is 359 g/mol. The lowest BCUT2D eigenvalue weighted by Crippen LogP contribution is -2.00. The maximum Gasteiger partial charge on any atom is 0.0648 e. The number of nitrogens with one attached hydrogen (secondary N) is 1. The summed E-state index contributed by atoms with van der Waals surface area (Å²) in [6.07, 6.45) is 1.88. The van der Waals surface area contributed by atoms with Crippen LogP contribution in [0, 0.1) is 10.5 Å². The van der Waals surface area contributed by atoms with Crippen molar-refractivity contribution in [3.05, 3.63) is 56.4 Å². The summed E-state index contributed by atoms with van der Waals surface area (Å²) >= 11 is 8.38. The van der Waals surface area contributed by atoms with Gasteiger partial charge in [-0.3, -0.25) is 4.98 Å². The molecule has 2 rings (SSSR count). The summed E-state index contributed by atoms with van der Waals surface area (Å²) in [4.78, 5) is 4.25. The van der Waals surface area contributed by atoms with Crippen LogP contribution in [0.1, 0.15) is 11.3 Å². The molecule has 2 nitrogen and oxygen atoms in total. The van der Waals surface area contributed by atoms with Gasteiger partial charge in [0.25, 0.3) is 0 Å². The zero-order valence-electron chi connectivity index (χ0n) is 9.37. The lowest BCUT2D eigenvalue weighted by molar-refractivity contribution is 1.09. The third kappa shape index (κ3) is 3.57. The largest absolute Gasteiger partial charge is 0.380 e. The first-order valence-corrected chi connectivity index (χ1v) is 6.71. The molecule has 0 bridgehead atoms. The molecule has 17 heavy (non-hydrogen) atoms. The highest BCUT2D eigenvalue weighted by atomic mass is 127. The molecule has 0 amide bonds. The van der Waals surface area contributed by atoms with Crippen LogP contribution in [0.5, 0.6) is 0 Å². The number of anilines is 1. The first kappa shape index (κ1) is 12.6. The number of hydrogen-bond donors (Lipinski definition) is 1. The highest BCUT2D eigenvalue weighted by molar-refractivity contribution is 14.1. The number of rotatable bonds is 3. The summed E-state index contributed by atoms with van der Waals surface area (Å²) in [6.45, 7) is 2.71. The molecule has 1 aromatic heterocycles.